The first-order chi connectivity index (χ1) is 12.3. The van der Waals surface area contributed by atoms with Gasteiger partial charge in [0.2, 0.25) is 0 Å². The molecular weight excluding hydrogens is 373 g/mol. The maximum Gasteiger partial charge on any atom is 0.179 e. The van der Waals surface area contributed by atoms with Crippen LogP contribution >= 0.6 is 24.0 Å². The molecule has 1 aromatic carbocycles. The van der Waals surface area contributed by atoms with Gasteiger partial charge in [-0.2, -0.15) is 0 Å². The Morgan fingerprint density at radius 1 is 1.27 bits per heavy atom. The highest BCUT2D eigenvalue weighted by molar-refractivity contribution is 6.32. The van der Waals surface area contributed by atoms with Gasteiger partial charge < -0.3 is 14.8 Å². The lowest BCUT2D eigenvalue weighted by Crippen LogP contribution is -2.45. The number of hydrogen-bond acceptors (Lipinski definition) is 5. The molecule has 4 rings (SSSR count). The summed E-state index contributed by atoms with van der Waals surface area (Å²) in [5.41, 5.74) is 2.38. The van der Waals surface area contributed by atoms with E-state index in [9.17, 15) is 0 Å². The minimum absolute atomic E-state index is 0. The fourth-order valence-corrected chi connectivity index (χ4v) is 3.74. The molecule has 26 heavy (non-hydrogen) atoms. The van der Waals surface area contributed by atoms with Gasteiger partial charge in [0, 0.05) is 51.0 Å². The van der Waals surface area contributed by atoms with Crippen LogP contribution in [0.4, 0.5) is 0 Å². The Balaban J connectivity index is 0.00000196. The zero-order valence-electron chi connectivity index (χ0n) is 14.5. The summed E-state index contributed by atoms with van der Waals surface area (Å²) in [4.78, 5) is 6.73. The van der Waals surface area contributed by atoms with Crippen molar-refractivity contribution < 1.29 is 9.47 Å². The number of nitrogens with zero attached hydrogens (tertiary/aromatic N) is 2. The van der Waals surface area contributed by atoms with Crippen molar-refractivity contribution in [1.82, 2.24) is 15.2 Å². The van der Waals surface area contributed by atoms with Crippen LogP contribution in [0.15, 0.2) is 36.7 Å². The minimum Gasteiger partial charge on any atom is -0.489 e. The molecule has 2 aliphatic rings. The lowest BCUT2D eigenvalue weighted by molar-refractivity contribution is 0.153. The highest BCUT2D eigenvalue weighted by Gasteiger charge is 2.25. The maximum atomic E-state index is 6.45. The number of pyridine rings is 1. The number of rotatable bonds is 3. The number of aromatic nitrogens is 1. The highest BCUT2D eigenvalue weighted by Crippen LogP contribution is 2.38. The Morgan fingerprint density at radius 3 is 3.00 bits per heavy atom. The van der Waals surface area contributed by atoms with Crippen molar-refractivity contribution in [2.75, 3.05) is 32.8 Å². The van der Waals surface area contributed by atoms with E-state index in [-0.39, 0.29) is 12.4 Å². The molecule has 1 aromatic heterocycles. The Kier molecular flexibility index (Phi) is 6.59. The van der Waals surface area contributed by atoms with E-state index in [0.29, 0.717) is 30.0 Å². The van der Waals surface area contributed by atoms with Crippen molar-refractivity contribution >= 4 is 24.0 Å². The summed E-state index contributed by atoms with van der Waals surface area (Å²) in [6.07, 6.45) is 4.64. The van der Waals surface area contributed by atoms with E-state index in [2.05, 4.69) is 27.3 Å². The summed E-state index contributed by atoms with van der Waals surface area (Å²) in [5.74, 6) is 1.43. The first-order valence-corrected chi connectivity index (χ1v) is 9.12. The van der Waals surface area contributed by atoms with E-state index in [4.69, 9.17) is 21.1 Å². The van der Waals surface area contributed by atoms with Gasteiger partial charge in [0.05, 0.1) is 18.2 Å². The molecule has 0 amide bonds. The van der Waals surface area contributed by atoms with Crippen LogP contribution in [-0.2, 0) is 6.54 Å². The fraction of sp³-hybridized carbons (Fsp3) is 0.421. The quantitative estimate of drug-likeness (QED) is 0.861. The topological polar surface area (TPSA) is 46.6 Å². The molecule has 7 heteroatoms. The van der Waals surface area contributed by atoms with Gasteiger partial charge in [0.1, 0.15) is 0 Å². The fourth-order valence-electron chi connectivity index (χ4n) is 3.45. The smallest absolute Gasteiger partial charge is 0.179 e. The molecule has 1 atom stereocenters. The molecule has 0 radical (unpaired) electrons. The second-order valence-corrected chi connectivity index (χ2v) is 6.84. The van der Waals surface area contributed by atoms with Crippen LogP contribution in [0.2, 0.25) is 5.02 Å². The molecule has 1 N–H and O–H groups in total. The van der Waals surface area contributed by atoms with Crippen LogP contribution in [-0.4, -0.2) is 42.7 Å². The zero-order valence-corrected chi connectivity index (χ0v) is 16.1. The van der Waals surface area contributed by atoms with Crippen LogP contribution < -0.4 is 14.8 Å². The summed E-state index contributed by atoms with van der Waals surface area (Å²) < 4.78 is 11.5. The van der Waals surface area contributed by atoms with Gasteiger partial charge in [-0.25, -0.2) is 0 Å². The van der Waals surface area contributed by atoms with Crippen LogP contribution in [0.5, 0.6) is 11.5 Å². The lowest BCUT2D eigenvalue weighted by Gasteiger charge is -2.36. The number of hydrogen-bond donors (Lipinski definition) is 1. The van der Waals surface area contributed by atoms with E-state index in [1.54, 1.807) is 0 Å². The van der Waals surface area contributed by atoms with Crippen molar-refractivity contribution in [3.63, 3.8) is 0 Å². The summed E-state index contributed by atoms with van der Waals surface area (Å²) in [7, 11) is 0. The third-order valence-electron chi connectivity index (χ3n) is 4.67. The normalized spacial score (nSPS) is 20.1. The molecule has 2 aliphatic heterocycles. The van der Waals surface area contributed by atoms with E-state index < -0.39 is 0 Å². The molecule has 2 aromatic rings. The van der Waals surface area contributed by atoms with E-state index in [0.717, 1.165) is 43.9 Å². The Labute approximate surface area is 165 Å². The number of benzene rings is 1. The number of ether oxygens (including phenoxy) is 2. The number of nitrogens with one attached hydrogen (secondary N) is 1. The average Bonchev–Trinajstić information content (AvgIpc) is 2.89. The van der Waals surface area contributed by atoms with Gasteiger partial charge in [-0.3, -0.25) is 9.88 Å². The molecular formula is C19H23Cl2N3O2. The predicted octanol–water partition coefficient (Wildman–Crippen LogP) is 3.46. The standard InChI is InChI=1S/C19H22ClN3O2.ClH/c20-16-9-14(10-18-19(16)25-8-2-7-24-18)13-23-6-5-22-12-17(23)15-3-1-4-21-11-15;/h1,3-4,9-11,17,22H,2,5-8,12-13H2;1H. The van der Waals surface area contributed by atoms with E-state index >= 15 is 0 Å². The van der Waals surface area contributed by atoms with Crippen molar-refractivity contribution in [2.45, 2.75) is 19.0 Å². The molecule has 1 unspecified atom stereocenters. The highest BCUT2D eigenvalue weighted by atomic mass is 35.5. The third kappa shape index (κ3) is 4.23. The van der Waals surface area contributed by atoms with Gasteiger partial charge in [0.25, 0.3) is 0 Å². The SMILES string of the molecule is Cl.Clc1cc(CN2CCNCC2c2cccnc2)cc2c1OCCCO2. The van der Waals surface area contributed by atoms with Crippen LogP contribution in [0.1, 0.15) is 23.6 Å². The maximum absolute atomic E-state index is 6.45. The summed E-state index contributed by atoms with van der Waals surface area (Å²) in [6, 6.07) is 8.49. The van der Waals surface area contributed by atoms with Gasteiger partial charge in [-0.05, 0) is 29.3 Å². The van der Waals surface area contributed by atoms with Crippen molar-refractivity contribution in [2.24, 2.45) is 0 Å². The Morgan fingerprint density at radius 2 is 2.15 bits per heavy atom. The van der Waals surface area contributed by atoms with Gasteiger partial charge in [0.15, 0.2) is 11.5 Å². The average molecular weight is 396 g/mol. The summed E-state index contributed by atoms with van der Waals surface area (Å²) >= 11 is 6.45. The third-order valence-corrected chi connectivity index (χ3v) is 4.95. The molecule has 0 bridgehead atoms. The van der Waals surface area contributed by atoms with Gasteiger partial charge >= 0.3 is 0 Å². The van der Waals surface area contributed by atoms with Crippen molar-refractivity contribution in [3.8, 4) is 11.5 Å². The molecule has 0 aliphatic carbocycles. The molecule has 1 saturated heterocycles. The van der Waals surface area contributed by atoms with Gasteiger partial charge in [-0.15, -0.1) is 12.4 Å². The monoisotopic (exact) mass is 395 g/mol. The summed E-state index contributed by atoms with van der Waals surface area (Å²) in [6.45, 7) is 5.01. The number of fused-ring (bicyclic) bond motifs is 1. The summed E-state index contributed by atoms with van der Waals surface area (Å²) in [5, 5.41) is 4.11. The largest absolute Gasteiger partial charge is 0.489 e. The molecule has 1 fully saturated rings. The predicted molar refractivity (Wildman–Crippen MR) is 105 cm³/mol. The van der Waals surface area contributed by atoms with Crippen LogP contribution in [0.25, 0.3) is 0 Å². The Bertz CT molecular complexity index is 730. The van der Waals surface area contributed by atoms with Crippen LogP contribution in [0, 0.1) is 0 Å². The van der Waals surface area contributed by atoms with Crippen LogP contribution in [0.3, 0.4) is 0 Å². The number of halogens is 2. The minimum atomic E-state index is 0. The first-order valence-electron chi connectivity index (χ1n) is 8.74. The molecule has 5 nitrogen and oxygen atoms in total. The second kappa shape index (κ2) is 8.91. The second-order valence-electron chi connectivity index (χ2n) is 6.43. The van der Waals surface area contributed by atoms with Crippen molar-refractivity contribution in [1.29, 1.82) is 0 Å². The zero-order chi connectivity index (χ0) is 17.1. The molecule has 140 valence electrons. The molecule has 0 saturated carbocycles. The van der Waals surface area contributed by atoms with Crippen molar-refractivity contribution in [3.05, 3.63) is 52.8 Å². The van der Waals surface area contributed by atoms with Gasteiger partial charge in [-0.1, -0.05) is 17.7 Å². The molecule has 0 spiro atoms. The number of piperazine rings is 1. The molecule has 3 heterocycles. The van der Waals surface area contributed by atoms with E-state index in [1.165, 1.54) is 5.56 Å². The Hall–Kier alpha value is -1.53. The lowest BCUT2D eigenvalue weighted by atomic mass is 10.0. The van der Waals surface area contributed by atoms with E-state index in [1.807, 2.05) is 24.5 Å². The first kappa shape index (κ1) is 19.2.